The first-order valence-corrected chi connectivity index (χ1v) is 6.86. The van der Waals surface area contributed by atoms with Crippen LogP contribution in [0.25, 0.3) is 0 Å². The molecule has 0 radical (unpaired) electrons. The molecule has 1 aromatic heterocycles. The maximum atomic E-state index is 11.8. The molecule has 6 heteroatoms. The van der Waals surface area contributed by atoms with Gasteiger partial charge in [0, 0.05) is 18.0 Å². The normalized spacial score (nSPS) is 10.1. The molecular weight excluding hydrogens is 284 g/mol. The van der Waals surface area contributed by atoms with Crippen molar-refractivity contribution in [2.24, 2.45) is 0 Å². The van der Waals surface area contributed by atoms with Gasteiger partial charge in [0.25, 0.3) is 5.91 Å². The largest absolute Gasteiger partial charge is 0.490 e. The molecule has 0 unspecified atom stereocenters. The van der Waals surface area contributed by atoms with Gasteiger partial charge >= 0.3 is 0 Å². The molecule has 0 aliphatic heterocycles. The number of pyridine rings is 1. The number of carbonyl (C=O) groups is 1. The third kappa shape index (κ3) is 4.20. The lowest BCUT2D eigenvalue weighted by molar-refractivity contribution is 0.0537. The number of carbonyl (C=O) groups excluding carboxylic acids is 1. The minimum Gasteiger partial charge on any atom is -0.490 e. The second-order valence-electron chi connectivity index (χ2n) is 4.37. The van der Waals surface area contributed by atoms with Gasteiger partial charge in [-0.1, -0.05) is 0 Å². The molecule has 2 aromatic rings. The number of ether oxygens (including phenoxy) is 2. The average Bonchev–Trinajstić information content (AvgIpc) is 2.55. The standard InChI is InChI=1S/C16H18N2O4/c1-3-21-15-10-13(16(19)18-20-2)4-5-14(15)22-11-12-6-8-17-9-7-12/h4-10H,3,11H2,1-2H3,(H,18,19). The molecule has 0 bridgehead atoms. The van der Waals surface area contributed by atoms with Gasteiger partial charge in [0.2, 0.25) is 0 Å². The SMILES string of the molecule is CCOc1cc(C(=O)NOC)ccc1OCc1ccncc1. The maximum absolute atomic E-state index is 11.8. The van der Waals surface area contributed by atoms with Crippen LogP contribution in [0.15, 0.2) is 42.7 Å². The Morgan fingerprint density at radius 1 is 1.14 bits per heavy atom. The Balaban J connectivity index is 2.14. The second-order valence-corrected chi connectivity index (χ2v) is 4.37. The predicted octanol–water partition coefficient (Wildman–Crippen LogP) is 2.35. The molecule has 0 saturated heterocycles. The number of nitrogens with zero attached hydrogens (tertiary/aromatic N) is 1. The average molecular weight is 302 g/mol. The van der Waals surface area contributed by atoms with E-state index < -0.39 is 0 Å². The second kappa shape index (κ2) is 7.99. The number of amides is 1. The van der Waals surface area contributed by atoms with Crippen LogP contribution in [0, 0.1) is 0 Å². The number of aromatic nitrogens is 1. The number of benzene rings is 1. The van der Waals surface area contributed by atoms with Crippen LogP contribution in [-0.2, 0) is 11.4 Å². The van der Waals surface area contributed by atoms with E-state index in [0.29, 0.717) is 30.3 Å². The van der Waals surface area contributed by atoms with Crippen molar-refractivity contribution in [2.45, 2.75) is 13.5 Å². The van der Waals surface area contributed by atoms with E-state index in [1.807, 2.05) is 19.1 Å². The highest BCUT2D eigenvalue weighted by Crippen LogP contribution is 2.29. The van der Waals surface area contributed by atoms with Crippen molar-refractivity contribution >= 4 is 5.91 Å². The van der Waals surface area contributed by atoms with E-state index in [0.717, 1.165) is 5.56 Å². The molecule has 1 aromatic carbocycles. The smallest absolute Gasteiger partial charge is 0.274 e. The highest BCUT2D eigenvalue weighted by Gasteiger charge is 2.11. The van der Waals surface area contributed by atoms with E-state index in [1.54, 1.807) is 30.6 Å². The topological polar surface area (TPSA) is 69.7 Å². The van der Waals surface area contributed by atoms with Gasteiger partial charge in [0.05, 0.1) is 13.7 Å². The molecule has 6 nitrogen and oxygen atoms in total. The summed E-state index contributed by atoms with van der Waals surface area (Å²) < 4.78 is 11.3. The van der Waals surface area contributed by atoms with Crippen molar-refractivity contribution in [3.05, 3.63) is 53.9 Å². The molecule has 0 aliphatic rings. The van der Waals surface area contributed by atoms with Crippen molar-refractivity contribution in [3.8, 4) is 11.5 Å². The summed E-state index contributed by atoms with van der Waals surface area (Å²) in [5.74, 6) is 0.747. The highest BCUT2D eigenvalue weighted by molar-refractivity contribution is 5.94. The summed E-state index contributed by atoms with van der Waals surface area (Å²) in [6.45, 7) is 2.74. The first-order valence-electron chi connectivity index (χ1n) is 6.86. The number of rotatable bonds is 7. The summed E-state index contributed by atoms with van der Waals surface area (Å²) in [6.07, 6.45) is 3.42. The fraction of sp³-hybridized carbons (Fsp3) is 0.250. The monoisotopic (exact) mass is 302 g/mol. The van der Waals surface area contributed by atoms with Gasteiger partial charge in [-0.3, -0.25) is 14.6 Å². The van der Waals surface area contributed by atoms with Crippen LogP contribution in [-0.4, -0.2) is 24.6 Å². The van der Waals surface area contributed by atoms with E-state index in [4.69, 9.17) is 9.47 Å². The Kier molecular flexibility index (Phi) is 5.73. The van der Waals surface area contributed by atoms with Gasteiger partial charge in [0.15, 0.2) is 11.5 Å². The Labute approximate surface area is 129 Å². The van der Waals surface area contributed by atoms with E-state index in [-0.39, 0.29) is 5.91 Å². The molecule has 2 rings (SSSR count). The Bertz CT molecular complexity index is 617. The molecule has 0 atom stereocenters. The predicted molar refractivity (Wildman–Crippen MR) is 80.7 cm³/mol. The molecule has 0 fully saturated rings. The van der Waals surface area contributed by atoms with E-state index >= 15 is 0 Å². The van der Waals surface area contributed by atoms with Crippen LogP contribution in [0.5, 0.6) is 11.5 Å². The molecule has 22 heavy (non-hydrogen) atoms. The van der Waals surface area contributed by atoms with Gasteiger partial charge in [0.1, 0.15) is 6.61 Å². The lowest BCUT2D eigenvalue weighted by Gasteiger charge is -2.13. The van der Waals surface area contributed by atoms with E-state index in [1.165, 1.54) is 7.11 Å². The number of hydrogen-bond donors (Lipinski definition) is 1. The number of hydrogen-bond acceptors (Lipinski definition) is 5. The lowest BCUT2D eigenvalue weighted by Crippen LogP contribution is -2.21. The molecule has 1 heterocycles. The number of nitrogens with one attached hydrogen (secondary N) is 1. The highest BCUT2D eigenvalue weighted by atomic mass is 16.6. The molecule has 116 valence electrons. The first kappa shape index (κ1) is 15.8. The van der Waals surface area contributed by atoms with Crippen molar-refractivity contribution in [2.75, 3.05) is 13.7 Å². The van der Waals surface area contributed by atoms with Gasteiger partial charge in [-0.15, -0.1) is 0 Å². The summed E-state index contributed by atoms with van der Waals surface area (Å²) in [6, 6.07) is 8.73. The van der Waals surface area contributed by atoms with Crippen LogP contribution in [0.2, 0.25) is 0 Å². The summed E-state index contributed by atoms with van der Waals surface area (Å²) in [5.41, 5.74) is 3.70. The maximum Gasteiger partial charge on any atom is 0.274 e. The molecule has 0 spiro atoms. The quantitative estimate of drug-likeness (QED) is 0.795. The fourth-order valence-electron chi connectivity index (χ4n) is 1.83. The Morgan fingerprint density at radius 3 is 2.59 bits per heavy atom. The summed E-state index contributed by atoms with van der Waals surface area (Å²) in [5, 5.41) is 0. The molecule has 0 aliphatic carbocycles. The summed E-state index contributed by atoms with van der Waals surface area (Å²) in [7, 11) is 1.38. The minimum absolute atomic E-state index is 0.343. The zero-order valence-corrected chi connectivity index (χ0v) is 12.5. The summed E-state index contributed by atoms with van der Waals surface area (Å²) >= 11 is 0. The zero-order valence-electron chi connectivity index (χ0n) is 12.5. The van der Waals surface area contributed by atoms with Crippen LogP contribution >= 0.6 is 0 Å². The minimum atomic E-state index is -0.343. The third-order valence-corrected chi connectivity index (χ3v) is 2.84. The molecule has 1 N–H and O–H groups in total. The van der Waals surface area contributed by atoms with Gasteiger partial charge in [-0.05, 0) is 42.8 Å². The van der Waals surface area contributed by atoms with Crippen molar-refractivity contribution < 1.29 is 19.1 Å². The Hall–Kier alpha value is -2.60. The van der Waals surface area contributed by atoms with Gasteiger partial charge in [-0.25, -0.2) is 5.48 Å². The van der Waals surface area contributed by atoms with E-state index in [2.05, 4.69) is 15.3 Å². The van der Waals surface area contributed by atoms with Crippen LogP contribution < -0.4 is 15.0 Å². The fourth-order valence-corrected chi connectivity index (χ4v) is 1.83. The van der Waals surface area contributed by atoms with Crippen LogP contribution in [0.4, 0.5) is 0 Å². The van der Waals surface area contributed by atoms with Crippen LogP contribution in [0.1, 0.15) is 22.8 Å². The van der Waals surface area contributed by atoms with Crippen molar-refractivity contribution in [1.82, 2.24) is 10.5 Å². The first-order chi connectivity index (χ1) is 10.7. The molecular formula is C16H18N2O4. The summed E-state index contributed by atoms with van der Waals surface area (Å²) in [4.78, 5) is 20.3. The Morgan fingerprint density at radius 2 is 1.91 bits per heavy atom. The van der Waals surface area contributed by atoms with E-state index in [9.17, 15) is 4.79 Å². The van der Waals surface area contributed by atoms with Crippen molar-refractivity contribution in [3.63, 3.8) is 0 Å². The zero-order chi connectivity index (χ0) is 15.8. The number of hydroxylamine groups is 1. The van der Waals surface area contributed by atoms with Crippen molar-refractivity contribution in [1.29, 1.82) is 0 Å². The third-order valence-electron chi connectivity index (χ3n) is 2.84. The van der Waals surface area contributed by atoms with Crippen LogP contribution in [0.3, 0.4) is 0 Å². The lowest BCUT2D eigenvalue weighted by atomic mass is 10.2. The molecule has 1 amide bonds. The van der Waals surface area contributed by atoms with Gasteiger partial charge in [-0.2, -0.15) is 0 Å². The van der Waals surface area contributed by atoms with Gasteiger partial charge < -0.3 is 9.47 Å². The molecule has 0 saturated carbocycles.